The van der Waals surface area contributed by atoms with Gasteiger partial charge in [0, 0.05) is 39.3 Å². The third-order valence-corrected chi connectivity index (χ3v) is 4.46. The topological polar surface area (TPSA) is 214 Å². The van der Waals surface area contributed by atoms with Crippen molar-refractivity contribution in [2.45, 2.75) is 38.9 Å². The molecule has 0 unspecified atom stereocenters. The number of hydrogen-bond donors (Lipinski definition) is 6. The Morgan fingerprint density at radius 3 is 1.00 bits per heavy atom. The summed E-state index contributed by atoms with van der Waals surface area (Å²) in [7, 11) is 0. The first-order chi connectivity index (χ1) is 15.8. The van der Waals surface area contributed by atoms with E-state index in [1.54, 1.807) is 0 Å². The number of carbonyl (C=O) groups excluding carboxylic acids is 3. The highest BCUT2D eigenvalue weighted by Crippen LogP contribution is 1.88. The van der Waals surface area contributed by atoms with Crippen LogP contribution in [0.2, 0.25) is 0 Å². The Morgan fingerprint density at radius 2 is 0.788 bits per heavy atom. The second-order valence-corrected chi connectivity index (χ2v) is 6.89. The van der Waals surface area contributed by atoms with Gasteiger partial charge in [0.05, 0.1) is 0 Å². The number of carbonyl (C=O) groups is 3. The Labute approximate surface area is 187 Å². The average molecular weight is 474 g/mol. The van der Waals surface area contributed by atoms with Gasteiger partial charge in [0.15, 0.2) is 0 Å². The van der Waals surface area contributed by atoms with E-state index in [1.165, 1.54) is 0 Å². The molecule has 0 spiro atoms. The van der Waals surface area contributed by atoms with E-state index < -0.39 is 54.6 Å². The summed E-state index contributed by atoms with van der Waals surface area (Å²) in [6.07, 6.45) is 0.536. The minimum absolute atomic E-state index is 0.0881. The maximum atomic E-state index is 12.8. The standard InChI is InChI=1S/C18H30N6O9/c25-10-13(28)19-4-1-7-22-16(31)23(8-2-5-20-14(29)11-26)18(33)24(17(22)32)9-3-6-21-15(30)12-27/h25-27H,1-12H2,(H,19,28)(H,20,29)(H,21,30). The fourth-order valence-electron chi connectivity index (χ4n) is 2.82. The molecule has 0 fully saturated rings. The predicted octanol–water partition coefficient (Wildman–Crippen LogP) is -5.33. The monoisotopic (exact) mass is 474 g/mol. The highest BCUT2D eigenvalue weighted by atomic mass is 16.3. The molecule has 0 aromatic carbocycles. The van der Waals surface area contributed by atoms with Crippen LogP contribution in [0.5, 0.6) is 0 Å². The van der Waals surface area contributed by atoms with E-state index in [4.69, 9.17) is 15.3 Å². The second kappa shape index (κ2) is 14.7. The number of rotatable bonds is 15. The molecule has 15 nitrogen and oxygen atoms in total. The lowest BCUT2D eigenvalue weighted by Gasteiger charge is -2.14. The lowest BCUT2D eigenvalue weighted by Crippen LogP contribution is -2.55. The third kappa shape index (κ3) is 8.99. The van der Waals surface area contributed by atoms with E-state index in [0.717, 1.165) is 13.7 Å². The van der Waals surface area contributed by atoms with Crippen LogP contribution in [0.1, 0.15) is 19.3 Å². The number of nitrogens with zero attached hydrogens (tertiary/aromatic N) is 3. The maximum Gasteiger partial charge on any atom is 0.336 e. The van der Waals surface area contributed by atoms with Crippen LogP contribution in [0, 0.1) is 0 Å². The van der Waals surface area contributed by atoms with E-state index in [9.17, 15) is 28.8 Å². The summed E-state index contributed by atoms with van der Waals surface area (Å²) in [5, 5.41) is 33.3. The number of nitrogens with one attached hydrogen (secondary N) is 3. The van der Waals surface area contributed by atoms with Gasteiger partial charge in [0.1, 0.15) is 19.8 Å². The molecule has 186 valence electrons. The van der Waals surface area contributed by atoms with Gasteiger partial charge in [0.2, 0.25) is 17.7 Å². The molecule has 0 radical (unpaired) electrons. The van der Waals surface area contributed by atoms with Crippen LogP contribution in [0.3, 0.4) is 0 Å². The molecule has 0 atom stereocenters. The van der Waals surface area contributed by atoms with E-state index in [0.29, 0.717) is 0 Å². The Kier molecular flexibility index (Phi) is 12.4. The van der Waals surface area contributed by atoms with Crippen LogP contribution < -0.4 is 33.0 Å². The van der Waals surface area contributed by atoms with Crippen LogP contribution in [0.4, 0.5) is 0 Å². The van der Waals surface area contributed by atoms with Gasteiger partial charge in [-0.3, -0.25) is 14.4 Å². The van der Waals surface area contributed by atoms with Crippen LogP contribution >= 0.6 is 0 Å². The first-order valence-electron chi connectivity index (χ1n) is 10.3. The minimum Gasteiger partial charge on any atom is -0.387 e. The summed E-state index contributed by atoms with van der Waals surface area (Å²) in [5.74, 6) is -1.83. The van der Waals surface area contributed by atoms with Gasteiger partial charge in [-0.2, -0.15) is 0 Å². The molecular weight excluding hydrogens is 444 g/mol. The fourth-order valence-corrected chi connectivity index (χ4v) is 2.82. The highest BCUT2D eigenvalue weighted by molar-refractivity contribution is 5.77. The molecule has 0 bridgehead atoms. The smallest absolute Gasteiger partial charge is 0.336 e. The molecule has 3 amide bonds. The van der Waals surface area contributed by atoms with Crippen molar-refractivity contribution in [2.75, 3.05) is 39.5 Å². The van der Waals surface area contributed by atoms with Gasteiger partial charge >= 0.3 is 17.1 Å². The Morgan fingerprint density at radius 1 is 0.545 bits per heavy atom. The first-order valence-corrected chi connectivity index (χ1v) is 10.3. The van der Waals surface area contributed by atoms with Crippen molar-refractivity contribution in [2.24, 2.45) is 0 Å². The Balaban J connectivity index is 3.06. The molecule has 0 saturated heterocycles. The van der Waals surface area contributed by atoms with Crippen molar-refractivity contribution in [3.05, 3.63) is 31.5 Å². The molecule has 0 aliphatic rings. The molecule has 1 aromatic heterocycles. The zero-order chi connectivity index (χ0) is 24.8. The fraction of sp³-hybridized carbons (Fsp3) is 0.667. The normalized spacial score (nSPS) is 10.6. The summed E-state index contributed by atoms with van der Waals surface area (Å²) in [4.78, 5) is 71.6. The Bertz CT molecular complexity index is 827. The number of hydrogen-bond acceptors (Lipinski definition) is 9. The molecule has 1 rings (SSSR count). The summed E-state index contributed by atoms with van der Waals surface area (Å²) in [6, 6.07) is 0. The lowest BCUT2D eigenvalue weighted by atomic mass is 10.4. The van der Waals surface area contributed by atoms with E-state index >= 15 is 0 Å². The minimum atomic E-state index is -0.850. The largest absolute Gasteiger partial charge is 0.387 e. The van der Waals surface area contributed by atoms with Crippen LogP contribution in [0.15, 0.2) is 14.4 Å². The molecule has 15 heteroatoms. The average Bonchev–Trinajstić information content (AvgIpc) is 2.81. The molecule has 33 heavy (non-hydrogen) atoms. The number of aliphatic hydroxyl groups is 3. The van der Waals surface area contributed by atoms with Crippen molar-refractivity contribution in [1.29, 1.82) is 0 Å². The molecule has 1 heterocycles. The quantitative estimate of drug-likeness (QED) is 0.134. The molecule has 0 aliphatic carbocycles. The summed E-state index contributed by atoms with van der Waals surface area (Å²) in [5.41, 5.74) is -2.55. The molecular formula is C18H30N6O9. The van der Waals surface area contributed by atoms with Crippen molar-refractivity contribution in [3.63, 3.8) is 0 Å². The van der Waals surface area contributed by atoms with E-state index in [2.05, 4.69) is 16.0 Å². The van der Waals surface area contributed by atoms with E-state index in [1.807, 2.05) is 0 Å². The third-order valence-electron chi connectivity index (χ3n) is 4.46. The van der Waals surface area contributed by atoms with E-state index in [-0.39, 0.29) is 58.5 Å². The van der Waals surface area contributed by atoms with Crippen molar-refractivity contribution in [3.8, 4) is 0 Å². The van der Waals surface area contributed by atoms with Gasteiger partial charge < -0.3 is 31.3 Å². The molecule has 0 saturated carbocycles. The summed E-state index contributed by atoms with van der Waals surface area (Å²) in [6.45, 7) is -2.14. The van der Waals surface area contributed by atoms with Gasteiger partial charge in [-0.05, 0) is 19.3 Å². The molecule has 1 aromatic rings. The summed E-state index contributed by atoms with van der Waals surface area (Å²) < 4.78 is 2.56. The van der Waals surface area contributed by atoms with Gasteiger partial charge in [-0.25, -0.2) is 28.1 Å². The van der Waals surface area contributed by atoms with Gasteiger partial charge in [-0.15, -0.1) is 0 Å². The number of aromatic nitrogens is 3. The zero-order valence-electron chi connectivity index (χ0n) is 18.1. The number of amides is 3. The molecule has 0 aliphatic heterocycles. The number of aliphatic hydroxyl groups excluding tert-OH is 3. The van der Waals surface area contributed by atoms with Crippen LogP contribution in [-0.2, 0) is 34.0 Å². The zero-order valence-corrected chi connectivity index (χ0v) is 18.1. The van der Waals surface area contributed by atoms with Crippen LogP contribution in [0.25, 0.3) is 0 Å². The van der Waals surface area contributed by atoms with Crippen LogP contribution in [-0.4, -0.2) is 86.2 Å². The SMILES string of the molecule is O=C(CO)NCCCn1c(=O)n(CCCNC(=O)CO)c(=O)n(CCCNC(=O)CO)c1=O. The Hall–Kier alpha value is -3.30. The maximum absolute atomic E-state index is 12.8. The second-order valence-electron chi connectivity index (χ2n) is 6.89. The van der Waals surface area contributed by atoms with Crippen molar-refractivity contribution in [1.82, 2.24) is 29.7 Å². The first kappa shape index (κ1) is 27.7. The van der Waals surface area contributed by atoms with Gasteiger partial charge in [0.25, 0.3) is 0 Å². The van der Waals surface area contributed by atoms with Crippen molar-refractivity contribution < 1.29 is 29.7 Å². The van der Waals surface area contributed by atoms with Gasteiger partial charge in [-0.1, -0.05) is 0 Å². The predicted molar refractivity (Wildman–Crippen MR) is 113 cm³/mol. The molecule has 6 N–H and O–H groups in total. The highest BCUT2D eigenvalue weighted by Gasteiger charge is 2.15. The summed E-state index contributed by atoms with van der Waals surface area (Å²) >= 11 is 0. The lowest BCUT2D eigenvalue weighted by molar-refractivity contribution is -0.124. The van der Waals surface area contributed by atoms with Crippen molar-refractivity contribution >= 4 is 17.7 Å².